The number of carbonyl (C=O) groups excluding carboxylic acids is 1. The number of hydrogen-bond donors (Lipinski definition) is 1. The lowest BCUT2D eigenvalue weighted by Gasteiger charge is -2.48. The number of Topliss-reactive ketones (excluding diaryl/α,β-unsaturated/α-hetero) is 1. The number of ketones is 1. The van der Waals surface area contributed by atoms with E-state index in [-0.39, 0.29) is 10.8 Å². The average Bonchev–Trinajstić information content (AvgIpc) is 2.95. The monoisotopic (exact) mass is 315 g/mol. The number of allylic oxidation sites excluding steroid dienone is 2. The molecule has 5 heteroatoms. The molecule has 0 atom stereocenters. The van der Waals surface area contributed by atoms with Crippen LogP contribution in [0.15, 0.2) is 32.9 Å². The first-order chi connectivity index (χ1) is 11.0. The van der Waals surface area contributed by atoms with Crippen molar-refractivity contribution >= 4 is 5.78 Å². The number of dihydropyridines is 1. The highest BCUT2D eigenvalue weighted by Crippen LogP contribution is 2.56. The summed E-state index contributed by atoms with van der Waals surface area (Å²) in [6.07, 6.45) is 5.82. The van der Waals surface area contributed by atoms with Gasteiger partial charge in [0, 0.05) is 35.8 Å². The maximum Gasteiger partial charge on any atom is 0.162 e. The highest BCUT2D eigenvalue weighted by atomic mass is 16.5. The smallest absolute Gasteiger partial charge is 0.162 e. The summed E-state index contributed by atoms with van der Waals surface area (Å²) in [5.74, 6) is 1.23. The second-order valence-corrected chi connectivity index (χ2v) is 8.16. The van der Waals surface area contributed by atoms with Crippen LogP contribution in [-0.2, 0) is 9.53 Å². The quantitative estimate of drug-likeness (QED) is 0.805. The number of fused-ring (bicyclic) bond motifs is 2. The first-order valence-electron chi connectivity index (χ1n) is 8.63. The Morgan fingerprint density at radius 2 is 1.96 bits per heavy atom. The first-order valence-corrected chi connectivity index (χ1v) is 8.63. The molecule has 1 spiro atoms. The lowest BCUT2D eigenvalue weighted by Crippen LogP contribution is -2.46. The van der Waals surface area contributed by atoms with E-state index in [0.717, 1.165) is 49.2 Å². The molecule has 0 amide bonds. The zero-order chi connectivity index (χ0) is 16.2. The molecule has 0 unspecified atom stereocenters. The van der Waals surface area contributed by atoms with Gasteiger partial charge < -0.3 is 10.1 Å². The van der Waals surface area contributed by atoms with Crippen LogP contribution in [0.1, 0.15) is 52.4 Å². The molecule has 4 rings (SSSR count). The third-order valence-corrected chi connectivity index (χ3v) is 6.01. The Morgan fingerprint density at radius 3 is 2.65 bits per heavy atom. The van der Waals surface area contributed by atoms with Crippen molar-refractivity contribution in [1.82, 2.24) is 5.32 Å². The summed E-state index contributed by atoms with van der Waals surface area (Å²) in [5.41, 5.74) is 3.24. The number of nitrogens with zero attached hydrogens (tertiary/aromatic N) is 2. The SMILES string of the molecule is COC1CCC2(CC1)C1=C(N=NC1)NC1=C2C(=O)CC(C)(C)C1. The summed E-state index contributed by atoms with van der Waals surface area (Å²) >= 11 is 0. The minimum Gasteiger partial charge on any atom is -0.381 e. The maximum atomic E-state index is 13.0. The van der Waals surface area contributed by atoms with Crippen molar-refractivity contribution in [3.05, 3.63) is 22.7 Å². The van der Waals surface area contributed by atoms with Crippen molar-refractivity contribution in [3.63, 3.8) is 0 Å². The molecule has 5 nitrogen and oxygen atoms in total. The molecule has 1 fully saturated rings. The van der Waals surface area contributed by atoms with E-state index in [9.17, 15) is 4.79 Å². The van der Waals surface area contributed by atoms with Crippen molar-refractivity contribution in [1.29, 1.82) is 0 Å². The highest BCUT2D eigenvalue weighted by Gasteiger charge is 2.52. The van der Waals surface area contributed by atoms with Crippen LogP contribution in [0.25, 0.3) is 0 Å². The van der Waals surface area contributed by atoms with E-state index in [1.165, 1.54) is 5.57 Å². The Balaban J connectivity index is 1.79. The van der Waals surface area contributed by atoms with Gasteiger partial charge in [0.15, 0.2) is 11.6 Å². The van der Waals surface area contributed by atoms with Crippen LogP contribution in [0.2, 0.25) is 0 Å². The number of carbonyl (C=O) groups is 1. The van der Waals surface area contributed by atoms with Crippen LogP contribution in [0, 0.1) is 10.8 Å². The number of rotatable bonds is 1. The lowest BCUT2D eigenvalue weighted by atomic mass is 9.58. The van der Waals surface area contributed by atoms with E-state index in [1.807, 2.05) is 0 Å². The predicted molar refractivity (Wildman–Crippen MR) is 86.6 cm³/mol. The van der Waals surface area contributed by atoms with Crippen molar-refractivity contribution in [2.24, 2.45) is 21.1 Å². The van der Waals surface area contributed by atoms with Crippen LogP contribution in [0.3, 0.4) is 0 Å². The lowest BCUT2D eigenvalue weighted by molar-refractivity contribution is -0.119. The molecule has 0 saturated heterocycles. The number of nitrogens with one attached hydrogen (secondary N) is 1. The fourth-order valence-electron chi connectivity index (χ4n) is 4.94. The summed E-state index contributed by atoms with van der Waals surface area (Å²) in [4.78, 5) is 13.0. The molecular weight excluding hydrogens is 290 g/mol. The molecule has 2 aliphatic carbocycles. The summed E-state index contributed by atoms with van der Waals surface area (Å²) in [5, 5.41) is 12.0. The maximum absolute atomic E-state index is 13.0. The second kappa shape index (κ2) is 5.00. The molecule has 2 heterocycles. The van der Waals surface area contributed by atoms with Gasteiger partial charge in [-0.1, -0.05) is 13.8 Å². The van der Waals surface area contributed by atoms with Crippen molar-refractivity contribution in [3.8, 4) is 0 Å². The molecule has 0 aromatic carbocycles. The Hall–Kier alpha value is -1.49. The van der Waals surface area contributed by atoms with Gasteiger partial charge in [0.05, 0.1) is 12.6 Å². The van der Waals surface area contributed by atoms with E-state index >= 15 is 0 Å². The van der Waals surface area contributed by atoms with Gasteiger partial charge in [-0.05, 0) is 37.5 Å². The zero-order valence-corrected chi connectivity index (χ0v) is 14.2. The van der Waals surface area contributed by atoms with Crippen molar-refractivity contribution < 1.29 is 9.53 Å². The van der Waals surface area contributed by atoms with Gasteiger partial charge in [-0.2, -0.15) is 5.11 Å². The minimum absolute atomic E-state index is 0.0155. The van der Waals surface area contributed by atoms with Gasteiger partial charge in [0.2, 0.25) is 0 Å². The third-order valence-electron chi connectivity index (χ3n) is 6.01. The Bertz CT molecular complexity index is 649. The molecule has 124 valence electrons. The molecule has 4 aliphatic rings. The number of methoxy groups -OCH3 is 1. The van der Waals surface area contributed by atoms with Crippen molar-refractivity contribution in [2.75, 3.05) is 13.7 Å². The standard InChI is InChI=1S/C18H25N3O2/c1-17(2)8-13-15(14(22)9-17)18(6-4-11(23-3)5-7-18)12-10-19-21-16(12)20-13/h11,20H,4-10H2,1-3H3. The normalized spacial score (nSPS) is 35.4. The van der Waals surface area contributed by atoms with Crippen LogP contribution < -0.4 is 5.32 Å². The fraction of sp³-hybridized carbons (Fsp3) is 0.722. The first kappa shape index (κ1) is 15.1. The number of hydrogen-bond acceptors (Lipinski definition) is 5. The van der Waals surface area contributed by atoms with Gasteiger partial charge in [0.25, 0.3) is 0 Å². The molecule has 1 N–H and O–H groups in total. The second-order valence-electron chi connectivity index (χ2n) is 8.16. The van der Waals surface area contributed by atoms with Gasteiger partial charge in [0.1, 0.15) is 0 Å². The van der Waals surface area contributed by atoms with E-state index in [4.69, 9.17) is 4.74 Å². The predicted octanol–water partition coefficient (Wildman–Crippen LogP) is 3.49. The molecule has 0 radical (unpaired) electrons. The molecule has 0 aromatic heterocycles. The van der Waals surface area contributed by atoms with Gasteiger partial charge in [-0.3, -0.25) is 4.79 Å². The van der Waals surface area contributed by atoms with Crippen LogP contribution >= 0.6 is 0 Å². The van der Waals surface area contributed by atoms with E-state index < -0.39 is 0 Å². The molecule has 1 saturated carbocycles. The van der Waals surface area contributed by atoms with Crippen LogP contribution in [0.4, 0.5) is 0 Å². The molecular formula is C18H25N3O2. The average molecular weight is 315 g/mol. The highest BCUT2D eigenvalue weighted by molar-refractivity contribution is 6.00. The summed E-state index contributed by atoms with van der Waals surface area (Å²) in [6, 6.07) is 0. The van der Waals surface area contributed by atoms with Gasteiger partial charge in [-0.15, -0.1) is 5.11 Å². The number of ether oxygens (including phenoxy) is 1. The van der Waals surface area contributed by atoms with Crippen LogP contribution in [-0.4, -0.2) is 25.5 Å². The summed E-state index contributed by atoms with van der Waals surface area (Å²) in [6.45, 7) is 4.98. The van der Waals surface area contributed by atoms with Crippen molar-refractivity contribution in [2.45, 2.75) is 58.5 Å². The fourth-order valence-corrected chi connectivity index (χ4v) is 4.94. The Labute approximate surface area is 137 Å². The summed E-state index contributed by atoms with van der Waals surface area (Å²) < 4.78 is 5.55. The molecule has 0 aromatic rings. The Kier molecular flexibility index (Phi) is 3.28. The topological polar surface area (TPSA) is 63.1 Å². The third kappa shape index (κ3) is 2.20. The Morgan fingerprint density at radius 1 is 1.22 bits per heavy atom. The van der Waals surface area contributed by atoms with Gasteiger partial charge >= 0.3 is 0 Å². The van der Waals surface area contributed by atoms with Crippen LogP contribution in [0.5, 0.6) is 0 Å². The van der Waals surface area contributed by atoms with E-state index in [2.05, 4.69) is 29.4 Å². The summed E-state index contributed by atoms with van der Waals surface area (Å²) in [7, 11) is 1.79. The van der Waals surface area contributed by atoms with E-state index in [0.29, 0.717) is 24.9 Å². The molecule has 0 bridgehead atoms. The zero-order valence-electron chi connectivity index (χ0n) is 14.2. The minimum atomic E-state index is -0.151. The number of azo groups is 1. The molecule has 2 aliphatic heterocycles. The largest absolute Gasteiger partial charge is 0.381 e. The molecule has 23 heavy (non-hydrogen) atoms. The van der Waals surface area contributed by atoms with Gasteiger partial charge in [-0.25, -0.2) is 0 Å². The van der Waals surface area contributed by atoms with E-state index in [1.54, 1.807) is 7.11 Å².